The number of nitrogens with one attached hydrogen (secondary N) is 1. The molecule has 1 aromatic rings. The van der Waals surface area contributed by atoms with E-state index in [1.807, 2.05) is 38.1 Å². The van der Waals surface area contributed by atoms with Crippen molar-refractivity contribution in [3.05, 3.63) is 35.9 Å². The number of amides is 1. The van der Waals surface area contributed by atoms with Gasteiger partial charge in [-0.3, -0.25) is 4.79 Å². The second kappa shape index (κ2) is 10.4. The van der Waals surface area contributed by atoms with Crippen LogP contribution in [-0.4, -0.2) is 38.6 Å². The van der Waals surface area contributed by atoms with Gasteiger partial charge in [-0.1, -0.05) is 26.0 Å². The molecule has 7 nitrogen and oxygen atoms in total. The number of ether oxygens (including phenoxy) is 4. The molecule has 27 heavy (non-hydrogen) atoms. The number of aryl methyl sites for hydroxylation is 1. The molecule has 1 aliphatic rings. The van der Waals surface area contributed by atoms with Crippen LogP contribution in [0.25, 0.3) is 0 Å². The summed E-state index contributed by atoms with van der Waals surface area (Å²) in [5, 5.41) is 2.81. The lowest BCUT2D eigenvalue weighted by molar-refractivity contribution is -0.122. The van der Waals surface area contributed by atoms with Gasteiger partial charge in [0.15, 0.2) is 11.5 Å². The monoisotopic (exact) mass is 377 g/mol. The summed E-state index contributed by atoms with van der Waals surface area (Å²) in [4.78, 5) is 23.4. The zero-order valence-electron chi connectivity index (χ0n) is 16.0. The first-order valence-electron chi connectivity index (χ1n) is 9.04. The maximum Gasteiger partial charge on any atom is 0.508 e. The number of hydrogen-bond donors (Lipinski definition) is 1. The second-order valence-corrected chi connectivity index (χ2v) is 6.67. The molecule has 1 aromatic carbocycles. The maximum atomic E-state index is 12.0. The lowest BCUT2D eigenvalue weighted by atomic mass is 10.1. The van der Waals surface area contributed by atoms with Crippen molar-refractivity contribution in [2.75, 3.05) is 20.4 Å². The lowest BCUT2D eigenvalue weighted by Crippen LogP contribution is -2.31. The summed E-state index contributed by atoms with van der Waals surface area (Å²) < 4.78 is 20.3. The molecule has 0 saturated carbocycles. The Morgan fingerprint density at radius 2 is 2.04 bits per heavy atom. The first-order chi connectivity index (χ1) is 13.0. The smallest absolute Gasteiger partial charge is 0.454 e. The van der Waals surface area contributed by atoms with E-state index in [1.54, 1.807) is 6.08 Å². The fourth-order valence-electron chi connectivity index (χ4n) is 2.49. The third kappa shape index (κ3) is 7.21. The number of carbonyl (C=O) groups excluding carboxylic acids is 2. The van der Waals surface area contributed by atoms with Crippen LogP contribution in [0.3, 0.4) is 0 Å². The van der Waals surface area contributed by atoms with E-state index in [1.165, 1.54) is 7.11 Å². The fraction of sp³-hybridized carbons (Fsp3) is 0.500. The Labute approximate surface area is 159 Å². The summed E-state index contributed by atoms with van der Waals surface area (Å²) >= 11 is 0. The van der Waals surface area contributed by atoms with Crippen molar-refractivity contribution in [2.45, 2.75) is 39.2 Å². The zero-order valence-corrected chi connectivity index (χ0v) is 16.0. The Bertz CT molecular complexity index is 670. The van der Waals surface area contributed by atoms with Crippen LogP contribution in [0.5, 0.6) is 11.5 Å². The van der Waals surface area contributed by atoms with E-state index in [9.17, 15) is 9.59 Å². The maximum absolute atomic E-state index is 12.0. The Morgan fingerprint density at radius 3 is 2.78 bits per heavy atom. The molecule has 0 spiro atoms. The van der Waals surface area contributed by atoms with Gasteiger partial charge in [-0.15, -0.1) is 0 Å². The van der Waals surface area contributed by atoms with Gasteiger partial charge < -0.3 is 24.3 Å². The summed E-state index contributed by atoms with van der Waals surface area (Å²) in [6.45, 7) is 4.86. The van der Waals surface area contributed by atoms with Crippen molar-refractivity contribution < 1.29 is 28.5 Å². The standard InChI is InChI=1S/C20H27NO6/c1-14(2)12-21-19(22)11-16(27-20(23)24-3)7-5-4-6-15-8-9-17-18(10-15)26-13-25-17/h5,7-10,14,16H,4,6,11-13H2,1-3H3,(H,21,22)/b7-5+. The molecular formula is C20H27NO6. The fourth-order valence-corrected chi connectivity index (χ4v) is 2.49. The Hall–Kier alpha value is -2.70. The minimum absolute atomic E-state index is 0.0579. The highest BCUT2D eigenvalue weighted by molar-refractivity contribution is 5.77. The van der Waals surface area contributed by atoms with E-state index in [2.05, 4.69) is 10.1 Å². The third-order valence-corrected chi connectivity index (χ3v) is 3.90. The van der Waals surface area contributed by atoms with Crippen LogP contribution < -0.4 is 14.8 Å². The molecule has 1 heterocycles. The zero-order chi connectivity index (χ0) is 19.6. The molecule has 1 amide bonds. The molecule has 0 saturated heterocycles. The molecular weight excluding hydrogens is 350 g/mol. The van der Waals surface area contributed by atoms with Crippen LogP contribution in [0.15, 0.2) is 30.4 Å². The van der Waals surface area contributed by atoms with Crippen molar-refractivity contribution in [1.82, 2.24) is 5.32 Å². The van der Waals surface area contributed by atoms with Gasteiger partial charge in [-0.05, 0) is 42.5 Å². The molecule has 0 aliphatic carbocycles. The lowest BCUT2D eigenvalue weighted by Gasteiger charge is -2.14. The van der Waals surface area contributed by atoms with Crippen molar-refractivity contribution in [1.29, 1.82) is 0 Å². The minimum atomic E-state index is -0.808. The van der Waals surface area contributed by atoms with Crippen LogP contribution in [-0.2, 0) is 20.7 Å². The van der Waals surface area contributed by atoms with Gasteiger partial charge in [0.2, 0.25) is 12.7 Å². The highest BCUT2D eigenvalue weighted by atomic mass is 16.7. The van der Waals surface area contributed by atoms with E-state index in [0.29, 0.717) is 12.5 Å². The normalized spacial score (nSPS) is 13.6. The van der Waals surface area contributed by atoms with Gasteiger partial charge in [-0.2, -0.15) is 0 Å². The highest BCUT2D eigenvalue weighted by Crippen LogP contribution is 2.32. The Morgan fingerprint density at radius 1 is 1.26 bits per heavy atom. The predicted molar refractivity (Wildman–Crippen MR) is 99.8 cm³/mol. The summed E-state index contributed by atoms with van der Waals surface area (Å²) in [6, 6.07) is 5.84. The first-order valence-corrected chi connectivity index (χ1v) is 9.04. The Balaban J connectivity index is 1.85. The minimum Gasteiger partial charge on any atom is -0.454 e. The van der Waals surface area contributed by atoms with E-state index in [0.717, 1.165) is 29.9 Å². The SMILES string of the molecule is COC(=O)OC(/C=C/CCc1ccc2c(c1)OCO2)CC(=O)NCC(C)C. The van der Waals surface area contributed by atoms with Gasteiger partial charge in [0.05, 0.1) is 13.5 Å². The summed E-state index contributed by atoms with van der Waals surface area (Å²) in [5.74, 6) is 1.70. The summed E-state index contributed by atoms with van der Waals surface area (Å²) in [5.41, 5.74) is 1.11. The molecule has 1 unspecified atom stereocenters. The number of benzene rings is 1. The largest absolute Gasteiger partial charge is 0.508 e. The molecule has 0 aromatic heterocycles. The van der Waals surface area contributed by atoms with Crippen LogP contribution in [0.4, 0.5) is 4.79 Å². The number of rotatable bonds is 9. The van der Waals surface area contributed by atoms with Crippen molar-refractivity contribution in [2.24, 2.45) is 5.92 Å². The molecule has 2 rings (SSSR count). The van der Waals surface area contributed by atoms with Crippen molar-refractivity contribution >= 4 is 12.1 Å². The number of hydrogen-bond acceptors (Lipinski definition) is 6. The molecule has 1 atom stereocenters. The number of methoxy groups -OCH3 is 1. The van der Waals surface area contributed by atoms with Gasteiger partial charge in [0, 0.05) is 6.54 Å². The van der Waals surface area contributed by atoms with Gasteiger partial charge in [0.25, 0.3) is 0 Å². The van der Waals surface area contributed by atoms with E-state index in [4.69, 9.17) is 14.2 Å². The van der Waals surface area contributed by atoms with Gasteiger partial charge >= 0.3 is 6.16 Å². The van der Waals surface area contributed by atoms with E-state index < -0.39 is 12.3 Å². The molecule has 1 aliphatic heterocycles. The quantitative estimate of drug-likeness (QED) is 0.526. The first kappa shape index (κ1) is 20.6. The number of carbonyl (C=O) groups is 2. The van der Waals surface area contributed by atoms with E-state index >= 15 is 0 Å². The topological polar surface area (TPSA) is 83.1 Å². The van der Waals surface area contributed by atoms with Crippen molar-refractivity contribution in [3.8, 4) is 11.5 Å². The van der Waals surface area contributed by atoms with Crippen LogP contribution in [0.1, 0.15) is 32.3 Å². The number of fused-ring (bicyclic) bond motifs is 1. The Kier molecular flexibility index (Phi) is 7.98. The highest BCUT2D eigenvalue weighted by Gasteiger charge is 2.16. The summed E-state index contributed by atoms with van der Waals surface area (Å²) in [7, 11) is 1.24. The van der Waals surface area contributed by atoms with Crippen LogP contribution in [0, 0.1) is 5.92 Å². The summed E-state index contributed by atoms with van der Waals surface area (Å²) in [6.07, 6.45) is 3.72. The predicted octanol–water partition coefficient (Wildman–Crippen LogP) is 3.22. The van der Waals surface area contributed by atoms with Gasteiger partial charge in [0.1, 0.15) is 6.10 Å². The third-order valence-electron chi connectivity index (χ3n) is 3.90. The average Bonchev–Trinajstić information content (AvgIpc) is 3.11. The van der Waals surface area contributed by atoms with Crippen LogP contribution >= 0.6 is 0 Å². The molecule has 0 bridgehead atoms. The van der Waals surface area contributed by atoms with Crippen molar-refractivity contribution in [3.63, 3.8) is 0 Å². The second-order valence-electron chi connectivity index (χ2n) is 6.67. The average molecular weight is 377 g/mol. The molecule has 1 N–H and O–H groups in total. The number of allylic oxidation sites excluding steroid dienone is 1. The molecule has 7 heteroatoms. The van der Waals surface area contributed by atoms with E-state index in [-0.39, 0.29) is 19.1 Å². The van der Waals surface area contributed by atoms with Crippen LogP contribution in [0.2, 0.25) is 0 Å². The molecule has 148 valence electrons. The molecule has 0 fully saturated rings. The molecule has 0 radical (unpaired) electrons. The van der Waals surface area contributed by atoms with Gasteiger partial charge in [-0.25, -0.2) is 4.79 Å².